The number of hydrogen-bond donors (Lipinski definition) is 2. The molecule has 0 aromatic heterocycles. The Hall–Kier alpha value is -3.07. The molecule has 0 fully saturated rings. The minimum atomic E-state index is 0.613. The van der Waals surface area contributed by atoms with Crippen LogP contribution in [0.5, 0.6) is 0 Å². The molecule has 0 aliphatic rings. The molecule has 0 aliphatic carbocycles. The maximum absolute atomic E-state index is 11.3. The van der Waals surface area contributed by atoms with Gasteiger partial charge in [0, 0.05) is 22.6 Å². The van der Waals surface area contributed by atoms with Crippen molar-refractivity contribution in [3.63, 3.8) is 0 Å². The molecule has 3 nitrogen and oxygen atoms in total. The van der Waals surface area contributed by atoms with Gasteiger partial charge in [-0.1, -0.05) is 42.5 Å². The van der Waals surface area contributed by atoms with E-state index in [0.29, 0.717) is 11.3 Å². The van der Waals surface area contributed by atoms with Gasteiger partial charge in [-0.25, -0.2) is 0 Å². The molecular weight excluding hydrogens is 272 g/mol. The average molecular weight is 288 g/mol. The van der Waals surface area contributed by atoms with Gasteiger partial charge >= 0.3 is 0 Å². The normalized spacial score (nSPS) is 10.2. The molecule has 3 N–H and O–H groups in total. The highest BCUT2D eigenvalue weighted by Gasteiger charge is 2.05. The number of carbonyl (C=O) groups excluding carboxylic acids is 1. The van der Waals surface area contributed by atoms with Gasteiger partial charge in [0.1, 0.15) is 0 Å². The van der Waals surface area contributed by atoms with E-state index in [9.17, 15) is 4.79 Å². The number of anilines is 3. The summed E-state index contributed by atoms with van der Waals surface area (Å²) >= 11 is 0. The van der Waals surface area contributed by atoms with Gasteiger partial charge in [-0.3, -0.25) is 4.79 Å². The van der Waals surface area contributed by atoms with E-state index in [1.54, 1.807) is 0 Å². The topological polar surface area (TPSA) is 55.1 Å². The summed E-state index contributed by atoms with van der Waals surface area (Å²) in [5.41, 5.74) is 10.9. The molecule has 0 heterocycles. The first-order valence-electron chi connectivity index (χ1n) is 7.03. The van der Waals surface area contributed by atoms with Crippen molar-refractivity contribution in [3.8, 4) is 11.1 Å². The molecule has 3 aromatic rings. The Morgan fingerprint density at radius 2 is 1.64 bits per heavy atom. The summed E-state index contributed by atoms with van der Waals surface area (Å²) in [6.07, 6.45) is 0.851. The fraction of sp³-hybridized carbons (Fsp3) is 0. The van der Waals surface area contributed by atoms with Gasteiger partial charge in [0.2, 0.25) is 0 Å². The number of aldehydes is 1. The monoisotopic (exact) mass is 288 g/mol. The minimum Gasteiger partial charge on any atom is -0.399 e. The minimum absolute atomic E-state index is 0.613. The number of nitrogens with two attached hydrogens (primary N) is 1. The first kappa shape index (κ1) is 13.9. The van der Waals surface area contributed by atoms with Gasteiger partial charge in [-0.2, -0.15) is 0 Å². The van der Waals surface area contributed by atoms with Gasteiger partial charge in [0.05, 0.1) is 0 Å². The zero-order chi connectivity index (χ0) is 15.4. The highest BCUT2D eigenvalue weighted by molar-refractivity contribution is 5.88. The second-order valence-electron chi connectivity index (χ2n) is 5.04. The zero-order valence-electron chi connectivity index (χ0n) is 12.0. The number of benzene rings is 3. The molecule has 0 spiro atoms. The molecule has 3 aromatic carbocycles. The molecule has 0 unspecified atom stereocenters. The molecule has 0 amide bonds. The van der Waals surface area contributed by atoms with Crippen molar-refractivity contribution in [2.75, 3.05) is 11.1 Å². The maximum Gasteiger partial charge on any atom is 0.152 e. The molecule has 0 aliphatic heterocycles. The van der Waals surface area contributed by atoms with Crippen molar-refractivity contribution in [2.45, 2.75) is 0 Å². The Balaban J connectivity index is 2.00. The summed E-state index contributed by atoms with van der Waals surface area (Å²) in [5, 5.41) is 3.26. The van der Waals surface area contributed by atoms with Crippen molar-refractivity contribution in [2.24, 2.45) is 0 Å². The van der Waals surface area contributed by atoms with Crippen LogP contribution >= 0.6 is 0 Å². The standard InChI is InChI=1S/C19H16N2O/c20-17-7-4-8-18(12-17)21-19-11-15(9-10-16(19)13-22)14-5-2-1-3-6-14/h1-13,21H,20H2. The molecule has 0 saturated heterocycles. The lowest BCUT2D eigenvalue weighted by molar-refractivity contribution is 0.112. The predicted octanol–water partition coefficient (Wildman–Crippen LogP) is 4.49. The van der Waals surface area contributed by atoms with Crippen LogP contribution in [-0.4, -0.2) is 6.29 Å². The number of hydrogen-bond acceptors (Lipinski definition) is 3. The third kappa shape index (κ3) is 2.99. The first-order chi connectivity index (χ1) is 10.8. The van der Waals surface area contributed by atoms with E-state index in [1.807, 2.05) is 72.8 Å². The second kappa shape index (κ2) is 6.14. The van der Waals surface area contributed by atoms with E-state index in [-0.39, 0.29) is 0 Å². The van der Waals surface area contributed by atoms with Crippen molar-refractivity contribution in [1.82, 2.24) is 0 Å². The van der Waals surface area contributed by atoms with E-state index in [4.69, 9.17) is 5.73 Å². The largest absolute Gasteiger partial charge is 0.399 e. The molecule has 22 heavy (non-hydrogen) atoms. The van der Waals surface area contributed by atoms with E-state index in [0.717, 1.165) is 28.8 Å². The van der Waals surface area contributed by atoms with Gasteiger partial charge < -0.3 is 11.1 Å². The van der Waals surface area contributed by atoms with Gasteiger partial charge in [0.15, 0.2) is 6.29 Å². The van der Waals surface area contributed by atoms with Crippen molar-refractivity contribution in [3.05, 3.63) is 78.4 Å². The SMILES string of the molecule is Nc1cccc(Nc2cc(-c3ccccc3)ccc2C=O)c1. The summed E-state index contributed by atoms with van der Waals surface area (Å²) in [4.78, 5) is 11.3. The molecule has 3 heteroatoms. The third-order valence-corrected chi connectivity index (χ3v) is 3.45. The summed E-state index contributed by atoms with van der Waals surface area (Å²) in [5.74, 6) is 0. The Labute approximate surface area is 129 Å². The zero-order valence-corrected chi connectivity index (χ0v) is 12.0. The van der Waals surface area contributed by atoms with Crippen LogP contribution in [0.2, 0.25) is 0 Å². The third-order valence-electron chi connectivity index (χ3n) is 3.45. The summed E-state index contributed by atoms with van der Waals surface area (Å²) in [6, 6.07) is 23.3. The van der Waals surface area contributed by atoms with E-state index < -0.39 is 0 Å². The smallest absolute Gasteiger partial charge is 0.152 e. The highest BCUT2D eigenvalue weighted by atomic mass is 16.1. The number of carbonyl (C=O) groups is 1. The van der Waals surface area contributed by atoms with Crippen LogP contribution < -0.4 is 11.1 Å². The lowest BCUT2D eigenvalue weighted by Crippen LogP contribution is -1.97. The fourth-order valence-electron chi connectivity index (χ4n) is 2.35. The van der Waals surface area contributed by atoms with Crippen LogP contribution in [-0.2, 0) is 0 Å². The van der Waals surface area contributed by atoms with Crippen molar-refractivity contribution >= 4 is 23.3 Å². The Morgan fingerprint density at radius 3 is 2.36 bits per heavy atom. The number of nitrogens with one attached hydrogen (secondary N) is 1. The molecule has 0 radical (unpaired) electrons. The Bertz CT molecular complexity index is 798. The van der Waals surface area contributed by atoms with Crippen LogP contribution in [0, 0.1) is 0 Å². The lowest BCUT2D eigenvalue weighted by Gasteiger charge is -2.12. The summed E-state index contributed by atoms with van der Waals surface area (Å²) < 4.78 is 0. The van der Waals surface area contributed by atoms with Crippen LogP contribution in [0.4, 0.5) is 17.1 Å². The Morgan fingerprint density at radius 1 is 0.818 bits per heavy atom. The highest BCUT2D eigenvalue weighted by Crippen LogP contribution is 2.27. The van der Waals surface area contributed by atoms with Gasteiger partial charge in [-0.05, 0) is 41.5 Å². The van der Waals surface area contributed by atoms with Crippen molar-refractivity contribution < 1.29 is 4.79 Å². The quantitative estimate of drug-likeness (QED) is 0.549. The molecule has 0 saturated carbocycles. The van der Waals surface area contributed by atoms with Crippen LogP contribution in [0.25, 0.3) is 11.1 Å². The van der Waals surface area contributed by atoms with Crippen LogP contribution in [0.15, 0.2) is 72.8 Å². The average Bonchev–Trinajstić information content (AvgIpc) is 2.56. The Kier molecular flexibility index (Phi) is 3.88. The molecule has 108 valence electrons. The maximum atomic E-state index is 11.3. The molecule has 0 atom stereocenters. The van der Waals surface area contributed by atoms with Crippen LogP contribution in [0.1, 0.15) is 10.4 Å². The predicted molar refractivity (Wildman–Crippen MR) is 91.4 cm³/mol. The van der Waals surface area contributed by atoms with Crippen molar-refractivity contribution in [1.29, 1.82) is 0 Å². The van der Waals surface area contributed by atoms with Crippen LogP contribution in [0.3, 0.4) is 0 Å². The van der Waals surface area contributed by atoms with Gasteiger partial charge in [0.25, 0.3) is 0 Å². The molecule has 0 bridgehead atoms. The fourth-order valence-corrected chi connectivity index (χ4v) is 2.35. The molecule has 3 rings (SSSR count). The van der Waals surface area contributed by atoms with Gasteiger partial charge in [-0.15, -0.1) is 0 Å². The summed E-state index contributed by atoms with van der Waals surface area (Å²) in [7, 11) is 0. The lowest BCUT2D eigenvalue weighted by atomic mass is 10.0. The molecular formula is C19H16N2O. The second-order valence-corrected chi connectivity index (χ2v) is 5.04. The summed E-state index contributed by atoms with van der Waals surface area (Å²) in [6.45, 7) is 0. The van der Waals surface area contributed by atoms with E-state index >= 15 is 0 Å². The first-order valence-corrected chi connectivity index (χ1v) is 7.03. The number of nitrogen functional groups attached to an aromatic ring is 1. The number of rotatable bonds is 4. The van der Waals surface area contributed by atoms with E-state index in [2.05, 4.69) is 5.32 Å². The van der Waals surface area contributed by atoms with E-state index in [1.165, 1.54) is 0 Å².